The van der Waals surface area contributed by atoms with Crippen molar-refractivity contribution in [3.63, 3.8) is 0 Å². The summed E-state index contributed by atoms with van der Waals surface area (Å²) >= 11 is 0. The minimum absolute atomic E-state index is 0.0293. The molecule has 1 aliphatic rings. The van der Waals surface area contributed by atoms with E-state index in [1.165, 1.54) is 11.1 Å². The molecule has 2 atom stereocenters. The third kappa shape index (κ3) is 7.56. The molecule has 27 heavy (non-hydrogen) atoms. The van der Waals surface area contributed by atoms with E-state index in [1.54, 1.807) is 0 Å². The summed E-state index contributed by atoms with van der Waals surface area (Å²) in [6.07, 6.45) is 0. The molecule has 0 radical (unpaired) electrons. The van der Waals surface area contributed by atoms with Gasteiger partial charge in [-0.1, -0.05) is 52.0 Å². The van der Waals surface area contributed by atoms with E-state index < -0.39 is 0 Å². The SMILES string of the molecule is CC(C)C(C)C(C)c1ccc(CN2CCN(CCOC(C)(C)C)CC2)cc1. The highest BCUT2D eigenvalue weighted by atomic mass is 16.5. The summed E-state index contributed by atoms with van der Waals surface area (Å²) in [6, 6.07) is 9.36. The normalized spacial score (nSPS) is 19.4. The average molecular weight is 375 g/mol. The molecule has 0 aromatic heterocycles. The van der Waals surface area contributed by atoms with Crippen LogP contribution in [-0.4, -0.2) is 54.7 Å². The van der Waals surface area contributed by atoms with Crippen molar-refractivity contribution in [1.29, 1.82) is 0 Å². The smallest absolute Gasteiger partial charge is 0.0600 e. The van der Waals surface area contributed by atoms with Gasteiger partial charge >= 0.3 is 0 Å². The minimum Gasteiger partial charge on any atom is -0.375 e. The van der Waals surface area contributed by atoms with Crippen LogP contribution < -0.4 is 0 Å². The molecule has 3 heteroatoms. The molecule has 0 amide bonds. The Morgan fingerprint density at radius 2 is 1.44 bits per heavy atom. The number of hydrogen-bond donors (Lipinski definition) is 0. The highest BCUT2D eigenvalue weighted by molar-refractivity contribution is 5.25. The van der Waals surface area contributed by atoms with E-state index in [9.17, 15) is 0 Å². The van der Waals surface area contributed by atoms with Crippen molar-refractivity contribution >= 4 is 0 Å². The van der Waals surface area contributed by atoms with Crippen LogP contribution in [0.25, 0.3) is 0 Å². The van der Waals surface area contributed by atoms with E-state index in [2.05, 4.69) is 82.5 Å². The van der Waals surface area contributed by atoms with Crippen LogP contribution in [-0.2, 0) is 11.3 Å². The van der Waals surface area contributed by atoms with E-state index in [0.29, 0.717) is 11.8 Å². The summed E-state index contributed by atoms with van der Waals surface area (Å²) in [5, 5.41) is 0. The maximum atomic E-state index is 5.86. The Hall–Kier alpha value is -0.900. The summed E-state index contributed by atoms with van der Waals surface area (Å²) in [6.45, 7) is 23.3. The second-order valence-electron chi connectivity index (χ2n) is 9.71. The van der Waals surface area contributed by atoms with Crippen LogP contribution in [0.1, 0.15) is 65.5 Å². The van der Waals surface area contributed by atoms with Crippen LogP contribution in [0, 0.1) is 11.8 Å². The minimum atomic E-state index is -0.0293. The average Bonchev–Trinajstić information content (AvgIpc) is 2.61. The number of hydrogen-bond acceptors (Lipinski definition) is 3. The topological polar surface area (TPSA) is 15.7 Å². The van der Waals surface area contributed by atoms with Gasteiger partial charge in [0.2, 0.25) is 0 Å². The molecule has 154 valence electrons. The molecule has 0 bridgehead atoms. The van der Waals surface area contributed by atoms with Crippen molar-refractivity contribution < 1.29 is 4.74 Å². The fourth-order valence-electron chi connectivity index (χ4n) is 3.72. The van der Waals surface area contributed by atoms with E-state index in [1.807, 2.05) is 0 Å². The summed E-state index contributed by atoms with van der Waals surface area (Å²) in [7, 11) is 0. The van der Waals surface area contributed by atoms with Gasteiger partial charge in [0.05, 0.1) is 12.2 Å². The molecule has 3 nitrogen and oxygen atoms in total. The second kappa shape index (κ2) is 10.0. The van der Waals surface area contributed by atoms with Crippen molar-refractivity contribution in [3.8, 4) is 0 Å². The number of nitrogens with zero attached hydrogens (tertiary/aromatic N) is 2. The van der Waals surface area contributed by atoms with Crippen LogP contribution in [0.5, 0.6) is 0 Å². The summed E-state index contributed by atoms with van der Waals surface area (Å²) < 4.78 is 5.86. The van der Waals surface area contributed by atoms with Crippen molar-refractivity contribution in [2.75, 3.05) is 39.3 Å². The molecule has 1 aromatic carbocycles. The molecule has 0 spiro atoms. The number of rotatable bonds is 8. The van der Waals surface area contributed by atoms with E-state index in [-0.39, 0.29) is 5.60 Å². The fraction of sp³-hybridized carbons (Fsp3) is 0.750. The van der Waals surface area contributed by atoms with Gasteiger partial charge in [-0.15, -0.1) is 0 Å². The first-order chi connectivity index (χ1) is 12.7. The number of benzene rings is 1. The molecular weight excluding hydrogens is 332 g/mol. The van der Waals surface area contributed by atoms with Crippen molar-refractivity contribution in [3.05, 3.63) is 35.4 Å². The third-order valence-electron chi connectivity index (χ3n) is 6.16. The van der Waals surface area contributed by atoms with Crippen LogP contribution in [0.2, 0.25) is 0 Å². The Morgan fingerprint density at radius 3 is 1.96 bits per heavy atom. The predicted molar refractivity (Wildman–Crippen MR) is 116 cm³/mol. The molecule has 1 fully saturated rings. The van der Waals surface area contributed by atoms with E-state index in [0.717, 1.165) is 51.8 Å². The maximum absolute atomic E-state index is 5.86. The van der Waals surface area contributed by atoms with Crippen molar-refractivity contribution in [2.24, 2.45) is 11.8 Å². The Kier molecular flexibility index (Phi) is 8.33. The molecule has 0 saturated carbocycles. The number of piperazine rings is 1. The van der Waals surface area contributed by atoms with Crippen LogP contribution in [0.4, 0.5) is 0 Å². The summed E-state index contributed by atoms with van der Waals surface area (Å²) in [4.78, 5) is 5.11. The largest absolute Gasteiger partial charge is 0.375 e. The lowest BCUT2D eigenvalue weighted by Gasteiger charge is -2.35. The van der Waals surface area contributed by atoms with Crippen molar-refractivity contribution in [1.82, 2.24) is 9.80 Å². The molecule has 1 heterocycles. The van der Waals surface area contributed by atoms with Gasteiger partial charge < -0.3 is 4.74 Å². The van der Waals surface area contributed by atoms with Gasteiger partial charge in [-0.2, -0.15) is 0 Å². The lowest BCUT2D eigenvalue weighted by atomic mass is 9.82. The maximum Gasteiger partial charge on any atom is 0.0600 e. The molecule has 1 saturated heterocycles. The molecular formula is C24H42N2O. The monoisotopic (exact) mass is 374 g/mol. The highest BCUT2D eigenvalue weighted by Gasteiger charge is 2.19. The van der Waals surface area contributed by atoms with Gasteiger partial charge in [0.25, 0.3) is 0 Å². The fourth-order valence-corrected chi connectivity index (χ4v) is 3.72. The predicted octanol–water partition coefficient (Wildman–Crippen LogP) is 5.01. The Morgan fingerprint density at radius 1 is 0.889 bits per heavy atom. The first-order valence-corrected chi connectivity index (χ1v) is 10.8. The molecule has 1 aliphatic heterocycles. The summed E-state index contributed by atoms with van der Waals surface area (Å²) in [5.74, 6) is 2.06. The zero-order valence-electron chi connectivity index (χ0n) is 18.8. The highest BCUT2D eigenvalue weighted by Crippen LogP contribution is 2.29. The van der Waals surface area contributed by atoms with Gasteiger partial charge in [-0.25, -0.2) is 0 Å². The van der Waals surface area contributed by atoms with E-state index >= 15 is 0 Å². The Labute approximate surface area is 168 Å². The quantitative estimate of drug-likeness (QED) is 0.636. The van der Waals surface area contributed by atoms with E-state index in [4.69, 9.17) is 4.74 Å². The first kappa shape index (κ1) is 22.4. The van der Waals surface area contributed by atoms with Gasteiger partial charge in [0.15, 0.2) is 0 Å². The zero-order valence-corrected chi connectivity index (χ0v) is 18.8. The van der Waals surface area contributed by atoms with Gasteiger partial charge in [-0.05, 0) is 49.7 Å². The van der Waals surface area contributed by atoms with Crippen LogP contribution in [0.15, 0.2) is 24.3 Å². The lowest BCUT2D eigenvalue weighted by Crippen LogP contribution is -2.47. The Balaban J connectivity index is 1.75. The first-order valence-electron chi connectivity index (χ1n) is 10.8. The second-order valence-corrected chi connectivity index (χ2v) is 9.71. The third-order valence-corrected chi connectivity index (χ3v) is 6.16. The molecule has 2 rings (SSSR count). The zero-order chi connectivity index (χ0) is 20.0. The lowest BCUT2D eigenvalue weighted by molar-refractivity contribution is -0.0180. The van der Waals surface area contributed by atoms with Crippen LogP contribution >= 0.6 is 0 Å². The van der Waals surface area contributed by atoms with Crippen molar-refractivity contribution in [2.45, 2.75) is 66.5 Å². The van der Waals surface area contributed by atoms with Gasteiger partial charge in [-0.3, -0.25) is 9.80 Å². The van der Waals surface area contributed by atoms with Gasteiger partial charge in [0, 0.05) is 39.3 Å². The molecule has 1 aromatic rings. The molecule has 0 N–H and O–H groups in total. The molecule has 2 unspecified atom stereocenters. The standard InChI is InChI=1S/C24H42N2O/c1-19(2)20(3)21(4)23-10-8-22(9-11-23)18-26-14-12-25(13-15-26)16-17-27-24(5,6)7/h8-11,19-21H,12-18H2,1-7H3. The number of ether oxygens (including phenoxy) is 1. The van der Waals surface area contributed by atoms with Crippen LogP contribution in [0.3, 0.4) is 0 Å². The Bertz CT molecular complexity index is 538. The van der Waals surface area contributed by atoms with Gasteiger partial charge in [0.1, 0.15) is 0 Å². The summed E-state index contributed by atoms with van der Waals surface area (Å²) in [5.41, 5.74) is 2.88. The molecule has 0 aliphatic carbocycles.